The summed E-state index contributed by atoms with van der Waals surface area (Å²) in [6.45, 7) is 5.73. The normalized spacial score (nSPS) is 11.7. The lowest BCUT2D eigenvalue weighted by Crippen LogP contribution is -2.38. The van der Waals surface area contributed by atoms with Crippen molar-refractivity contribution in [3.05, 3.63) is 69.2 Å². The predicted molar refractivity (Wildman–Crippen MR) is 98.9 cm³/mol. The Kier molecular flexibility index (Phi) is 6.15. The molecule has 0 aliphatic rings. The number of rotatable bonds is 5. The van der Waals surface area contributed by atoms with Gasteiger partial charge in [-0.05, 0) is 44.5 Å². The first-order chi connectivity index (χ1) is 11.4. The highest BCUT2D eigenvalue weighted by Crippen LogP contribution is 2.22. The fraction of sp³-hybridized carbons (Fsp3) is 0.263. The van der Waals surface area contributed by atoms with Crippen molar-refractivity contribution in [1.82, 2.24) is 10.6 Å². The minimum atomic E-state index is -0.245. The molecular weight excluding hydrogens is 368 g/mol. The molecule has 0 radical (unpaired) electrons. The highest BCUT2D eigenvalue weighted by atomic mass is 79.9. The van der Waals surface area contributed by atoms with Crippen LogP contribution in [0.25, 0.3) is 0 Å². The van der Waals surface area contributed by atoms with Gasteiger partial charge in [-0.25, -0.2) is 0 Å². The number of benzene rings is 2. The lowest BCUT2D eigenvalue weighted by atomic mass is 10.1. The molecule has 0 aromatic heterocycles. The van der Waals surface area contributed by atoms with Gasteiger partial charge in [0.2, 0.25) is 5.91 Å². The molecule has 1 unspecified atom stereocenters. The Balaban J connectivity index is 1.91. The predicted octanol–water partition coefficient (Wildman–Crippen LogP) is 3.67. The van der Waals surface area contributed by atoms with Crippen LogP contribution in [0.3, 0.4) is 0 Å². The summed E-state index contributed by atoms with van der Waals surface area (Å²) < 4.78 is 0.942. The van der Waals surface area contributed by atoms with Crippen LogP contribution in [0.2, 0.25) is 0 Å². The molecule has 1 atom stereocenters. The molecule has 0 saturated carbocycles. The van der Waals surface area contributed by atoms with Crippen molar-refractivity contribution in [1.29, 1.82) is 0 Å². The topological polar surface area (TPSA) is 58.2 Å². The summed E-state index contributed by atoms with van der Waals surface area (Å²) in [7, 11) is 0. The van der Waals surface area contributed by atoms with E-state index in [1.165, 1.54) is 0 Å². The maximum atomic E-state index is 12.2. The number of amides is 2. The first kappa shape index (κ1) is 18.2. The third kappa shape index (κ3) is 4.93. The van der Waals surface area contributed by atoms with Gasteiger partial charge >= 0.3 is 0 Å². The number of carbonyl (C=O) groups excluding carboxylic acids is 2. The Labute approximate surface area is 150 Å². The summed E-state index contributed by atoms with van der Waals surface area (Å²) in [6, 6.07) is 13.2. The second-order valence-electron chi connectivity index (χ2n) is 5.87. The smallest absolute Gasteiger partial charge is 0.251 e. The van der Waals surface area contributed by atoms with E-state index in [2.05, 4.69) is 26.6 Å². The summed E-state index contributed by atoms with van der Waals surface area (Å²) in [6.07, 6.45) is 0. The number of aryl methyl sites for hydroxylation is 2. The van der Waals surface area contributed by atoms with E-state index in [9.17, 15) is 9.59 Å². The van der Waals surface area contributed by atoms with Gasteiger partial charge in [0.1, 0.15) is 0 Å². The summed E-state index contributed by atoms with van der Waals surface area (Å²) in [4.78, 5) is 24.2. The molecule has 0 fully saturated rings. The van der Waals surface area contributed by atoms with Crippen molar-refractivity contribution < 1.29 is 9.59 Å². The lowest BCUT2D eigenvalue weighted by molar-refractivity contribution is -0.120. The zero-order valence-corrected chi connectivity index (χ0v) is 15.6. The molecule has 0 aliphatic heterocycles. The molecular formula is C19H21BrN2O2. The molecule has 24 heavy (non-hydrogen) atoms. The van der Waals surface area contributed by atoms with Crippen LogP contribution >= 0.6 is 15.9 Å². The van der Waals surface area contributed by atoms with Crippen molar-refractivity contribution in [2.24, 2.45) is 0 Å². The van der Waals surface area contributed by atoms with Crippen LogP contribution in [0.1, 0.15) is 40.0 Å². The zero-order valence-electron chi connectivity index (χ0n) is 14.0. The molecule has 2 aromatic carbocycles. The van der Waals surface area contributed by atoms with Gasteiger partial charge in [0.15, 0.2) is 0 Å². The molecule has 2 N–H and O–H groups in total. The van der Waals surface area contributed by atoms with Gasteiger partial charge in [-0.3, -0.25) is 9.59 Å². The number of halogens is 1. The third-order valence-corrected chi connectivity index (χ3v) is 4.36. The summed E-state index contributed by atoms with van der Waals surface area (Å²) in [5.41, 5.74) is 3.60. The van der Waals surface area contributed by atoms with Crippen molar-refractivity contribution in [2.75, 3.05) is 6.54 Å². The molecule has 2 rings (SSSR count). The maximum absolute atomic E-state index is 12.2. The Hall–Kier alpha value is -2.14. The van der Waals surface area contributed by atoms with Gasteiger partial charge in [0, 0.05) is 10.0 Å². The van der Waals surface area contributed by atoms with Crippen molar-refractivity contribution in [2.45, 2.75) is 26.8 Å². The fourth-order valence-corrected chi connectivity index (χ4v) is 3.19. The maximum Gasteiger partial charge on any atom is 0.251 e. The van der Waals surface area contributed by atoms with Crippen LogP contribution in [0, 0.1) is 13.8 Å². The van der Waals surface area contributed by atoms with Gasteiger partial charge in [-0.1, -0.05) is 51.3 Å². The van der Waals surface area contributed by atoms with Crippen molar-refractivity contribution >= 4 is 27.7 Å². The van der Waals surface area contributed by atoms with Gasteiger partial charge in [-0.2, -0.15) is 0 Å². The number of hydrogen-bond donors (Lipinski definition) is 2. The quantitative estimate of drug-likeness (QED) is 0.820. The average molecular weight is 389 g/mol. The lowest BCUT2D eigenvalue weighted by Gasteiger charge is -2.16. The third-order valence-electron chi connectivity index (χ3n) is 3.64. The molecule has 5 heteroatoms. The number of carbonyl (C=O) groups is 2. The fourth-order valence-electron chi connectivity index (χ4n) is 2.56. The number of hydrogen-bond acceptors (Lipinski definition) is 2. The minimum Gasteiger partial charge on any atom is -0.348 e. The van der Waals surface area contributed by atoms with Crippen LogP contribution in [-0.4, -0.2) is 18.4 Å². The van der Waals surface area contributed by atoms with Crippen molar-refractivity contribution in [3.8, 4) is 0 Å². The Morgan fingerprint density at radius 2 is 1.71 bits per heavy atom. The van der Waals surface area contributed by atoms with Crippen LogP contribution in [0.15, 0.2) is 46.9 Å². The Morgan fingerprint density at radius 3 is 2.33 bits per heavy atom. The molecule has 0 spiro atoms. The van der Waals surface area contributed by atoms with E-state index >= 15 is 0 Å². The van der Waals surface area contributed by atoms with E-state index < -0.39 is 0 Å². The first-order valence-electron chi connectivity index (χ1n) is 7.77. The highest BCUT2D eigenvalue weighted by molar-refractivity contribution is 9.10. The van der Waals surface area contributed by atoms with E-state index in [-0.39, 0.29) is 24.4 Å². The van der Waals surface area contributed by atoms with Crippen LogP contribution < -0.4 is 10.6 Å². The van der Waals surface area contributed by atoms with Crippen LogP contribution in [0.4, 0.5) is 0 Å². The van der Waals surface area contributed by atoms with Gasteiger partial charge in [0.05, 0.1) is 12.6 Å². The molecule has 0 heterocycles. The second kappa shape index (κ2) is 8.11. The Bertz CT molecular complexity index is 739. The van der Waals surface area contributed by atoms with E-state index in [0.717, 1.165) is 21.2 Å². The second-order valence-corrected chi connectivity index (χ2v) is 6.72. The summed E-state index contributed by atoms with van der Waals surface area (Å²) in [5, 5.41) is 5.54. The largest absolute Gasteiger partial charge is 0.348 e. The molecule has 0 bridgehead atoms. The van der Waals surface area contributed by atoms with Crippen LogP contribution in [0.5, 0.6) is 0 Å². The summed E-state index contributed by atoms with van der Waals surface area (Å²) >= 11 is 3.47. The molecule has 0 saturated heterocycles. The number of nitrogens with one attached hydrogen (secondary N) is 2. The molecule has 2 aromatic rings. The molecule has 0 aliphatic carbocycles. The standard InChI is InChI=1S/C19H21BrN2O2/c1-12-8-13(2)10-15(9-12)19(24)21-11-18(23)22-14(3)16-6-4-5-7-17(16)20/h4-10,14H,11H2,1-3H3,(H,21,24)(H,22,23). The van der Waals surface area contributed by atoms with Crippen LogP contribution in [-0.2, 0) is 4.79 Å². The molecule has 4 nitrogen and oxygen atoms in total. The SMILES string of the molecule is Cc1cc(C)cc(C(=O)NCC(=O)NC(C)c2ccccc2Br)c1. The highest BCUT2D eigenvalue weighted by Gasteiger charge is 2.13. The van der Waals surface area contributed by atoms with Gasteiger partial charge < -0.3 is 10.6 Å². The Morgan fingerprint density at radius 1 is 1.08 bits per heavy atom. The van der Waals surface area contributed by atoms with Crippen molar-refractivity contribution in [3.63, 3.8) is 0 Å². The molecule has 2 amide bonds. The zero-order chi connectivity index (χ0) is 17.7. The summed E-state index contributed by atoms with van der Waals surface area (Å²) in [5.74, 6) is -0.471. The van der Waals surface area contributed by atoms with E-state index in [1.807, 2.05) is 63.2 Å². The van der Waals surface area contributed by atoms with E-state index in [0.29, 0.717) is 5.56 Å². The monoisotopic (exact) mass is 388 g/mol. The minimum absolute atomic E-state index is 0.0549. The molecule has 126 valence electrons. The average Bonchev–Trinajstić information content (AvgIpc) is 2.52. The van der Waals surface area contributed by atoms with Gasteiger partial charge in [-0.15, -0.1) is 0 Å². The van der Waals surface area contributed by atoms with E-state index in [1.54, 1.807) is 0 Å². The van der Waals surface area contributed by atoms with E-state index in [4.69, 9.17) is 0 Å². The van der Waals surface area contributed by atoms with Gasteiger partial charge in [0.25, 0.3) is 5.91 Å². The first-order valence-corrected chi connectivity index (χ1v) is 8.56.